The van der Waals surface area contributed by atoms with E-state index in [1.54, 1.807) is 12.4 Å². The number of piperidine rings is 1. The number of H-pyrrole nitrogens is 1. The van der Waals surface area contributed by atoms with Crippen LogP contribution in [0.2, 0.25) is 0 Å². The van der Waals surface area contributed by atoms with Crippen molar-refractivity contribution in [1.29, 1.82) is 0 Å². The summed E-state index contributed by atoms with van der Waals surface area (Å²) in [4.78, 5) is 11.0. The van der Waals surface area contributed by atoms with Gasteiger partial charge in [0.25, 0.3) is 0 Å². The lowest BCUT2D eigenvalue weighted by Crippen LogP contribution is -2.46. The minimum absolute atomic E-state index is 0.155. The molecule has 2 aromatic rings. The molecule has 2 aromatic heterocycles. The molecular weight excluding hydrogens is 266 g/mol. The first-order valence-electron chi connectivity index (χ1n) is 7.51. The van der Waals surface area contributed by atoms with Crippen molar-refractivity contribution in [2.75, 3.05) is 19.7 Å². The van der Waals surface area contributed by atoms with Gasteiger partial charge in [0.05, 0.1) is 25.0 Å². The number of ether oxygens (including phenoxy) is 1. The summed E-state index contributed by atoms with van der Waals surface area (Å²) in [6, 6.07) is 1.85. The summed E-state index contributed by atoms with van der Waals surface area (Å²) in [5.74, 6) is 0.889. The van der Waals surface area contributed by atoms with Crippen LogP contribution in [0, 0.1) is 0 Å². The highest BCUT2D eigenvalue weighted by atomic mass is 16.5. The number of likely N-dealkylation sites (tertiary alicyclic amines) is 1. The minimum Gasteiger partial charge on any atom is -0.368 e. The Kier molecular flexibility index (Phi) is 3.20. The summed E-state index contributed by atoms with van der Waals surface area (Å²) in [6.07, 6.45) is 8.51. The van der Waals surface area contributed by atoms with Gasteiger partial charge in [0.2, 0.25) is 0 Å². The summed E-state index contributed by atoms with van der Waals surface area (Å²) >= 11 is 0. The highest BCUT2D eigenvalue weighted by molar-refractivity contribution is 5.26. The minimum atomic E-state index is -0.155. The topological polar surface area (TPSA) is 66.9 Å². The van der Waals surface area contributed by atoms with Crippen molar-refractivity contribution >= 4 is 0 Å². The first-order chi connectivity index (χ1) is 10.4. The van der Waals surface area contributed by atoms with Crippen molar-refractivity contribution in [3.8, 4) is 0 Å². The molecule has 4 heterocycles. The van der Waals surface area contributed by atoms with E-state index in [2.05, 4.69) is 25.1 Å². The fraction of sp³-hybridized carbons (Fsp3) is 0.533. The van der Waals surface area contributed by atoms with Crippen LogP contribution in [0.3, 0.4) is 0 Å². The molecule has 1 N–H and O–H groups in total. The summed E-state index contributed by atoms with van der Waals surface area (Å²) in [5, 5.41) is 7.37. The van der Waals surface area contributed by atoms with Crippen molar-refractivity contribution in [2.24, 2.45) is 0 Å². The second-order valence-electron chi connectivity index (χ2n) is 5.80. The van der Waals surface area contributed by atoms with Crippen LogP contribution >= 0.6 is 0 Å². The second-order valence-corrected chi connectivity index (χ2v) is 5.80. The Labute approximate surface area is 123 Å². The van der Waals surface area contributed by atoms with Gasteiger partial charge in [0.15, 0.2) is 0 Å². The van der Waals surface area contributed by atoms with E-state index in [4.69, 9.17) is 4.74 Å². The smallest absolute Gasteiger partial charge is 0.142 e. The van der Waals surface area contributed by atoms with Gasteiger partial charge in [0.1, 0.15) is 11.4 Å². The Morgan fingerprint density at radius 3 is 2.86 bits per heavy atom. The Morgan fingerprint density at radius 1 is 1.24 bits per heavy atom. The predicted molar refractivity (Wildman–Crippen MR) is 76.5 cm³/mol. The summed E-state index contributed by atoms with van der Waals surface area (Å²) in [6.45, 7) is 3.61. The fourth-order valence-corrected chi connectivity index (χ4v) is 3.40. The Bertz CT molecular complexity index is 604. The summed E-state index contributed by atoms with van der Waals surface area (Å²) < 4.78 is 6.16. The van der Waals surface area contributed by atoms with Crippen LogP contribution in [-0.4, -0.2) is 44.8 Å². The average Bonchev–Trinajstić information content (AvgIpc) is 3.01. The maximum absolute atomic E-state index is 6.16. The molecule has 0 saturated carbocycles. The molecule has 0 unspecified atom stereocenters. The van der Waals surface area contributed by atoms with Crippen LogP contribution in [0.5, 0.6) is 0 Å². The van der Waals surface area contributed by atoms with Crippen LogP contribution in [0.15, 0.2) is 24.7 Å². The number of rotatable bonds is 2. The summed E-state index contributed by atoms with van der Waals surface area (Å²) in [5.41, 5.74) is 2.36. The van der Waals surface area contributed by atoms with Gasteiger partial charge in [-0.2, -0.15) is 5.10 Å². The van der Waals surface area contributed by atoms with Crippen molar-refractivity contribution in [3.05, 3.63) is 41.7 Å². The molecule has 2 aliphatic rings. The van der Waals surface area contributed by atoms with Crippen LogP contribution < -0.4 is 0 Å². The number of nitrogens with one attached hydrogen (secondary N) is 1. The molecule has 4 rings (SSSR count). The van der Waals surface area contributed by atoms with Crippen molar-refractivity contribution in [2.45, 2.75) is 31.4 Å². The number of aromatic amines is 1. The van der Waals surface area contributed by atoms with Crippen LogP contribution in [0.25, 0.3) is 0 Å². The van der Waals surface area contributed by atoms with Crippen LogP contribution in [-0.2, 0) is 23.3 Å². The zero-order chi connectivity index (χ0) is 14.1. The van der Waals surface area contributed by atoms with E-state index in [1.165, 1.54) is 11.3 Å². The highest BCUT2D eigenvalue weighted by Gasteiger charge is 2.42. The van der Waals surface area contributed by atoms with Gasteiger partial charge < -0.3 is 4.74 Å². The van der Waals surface area contributed by atoms with Crippen molar-refractivity contribution < 1.29 is 4.74 Å². The van der Waals surface area contributed by atoms with E-state index in [9.17, 15) is 0 Å². The van der Waals surface area contributed by atoms with Gasteiger partial charge in [0, 0.05) is 25.5 Å². The monoisotopic (exact) mass is 285 g/mol. The lowest BCUT2D eigenvalue weighted by atomic mass is 9.84. The van der Waals surface area contributed by atoms with Gasteiger partial charge in [-0.25, -0.2) is 9.97 Å². The van der Waals surface area contributed by atoms with Gasteiger partial charge in [-0.3, -0.25) is 10.00 Å². The van der Waals surface area contributed by atoms with Gasteiger partial charge in [-0.05, 0) is 30.9 Å². The molecule has 6 nitrogen and oxygen atoms in total. The van der Waals surface area contributed by atoms with Crippen LogP contribution in [0.1, 0.15) is 29.9 Å². The van der Waals surface area contributed by atoms with Crippen molar-refractivity contribution in [3.63, 3.8) is 0 Å². The number of hydrogen-bond acceptors (Lipinski definition) is 5. The van der Waals surface area contributed by atoms with Gasteiger partial charge in [-0.15, -0.1) is 0 Å². The van der Waals surface area contributed by atoms with Gasteiger partial charge in [-0.1, -0.05) is 0 Å². The van der Waals surface area contributed by atoms with Crippen LogP contribution in [0.4, 0.5) is 0 Å². The van der Waals surface area contributed by atoms with Gasteiger partial charge >= 0.3 is 0 Å². The lowest BCUT2D eigenvalue weighted by Gasteiger charge is -2.43. The van der Waals surface area contributed by atoms with Crippen molar-refractivity contribution in [1.82, 2.24) is 25.1 Å². The standard InChI is InChI=1S/C15H19N5O/c1-5-16-13(17-6-1)11-20-7-3-15(4-8-20)14-12(2-9-21-15)10-18-19-14/h1,5-6,10H,2-4,7-9,11H2,(H,18,19). The zero-order valence-electron chi connectivity index (χ0n) is 12.0. The SMILES string of the molecule is c1cnc(CN2CCC3(CC2)OCCc2cn[nH]c23)nc1. The maximum Gasteiger partial charge on any atom is 0.142 e. The molecule has 1 spiro atoms. The average molecular weight is 285 g/mol. The first-order valence-corrected chi connectivity index (χ1v) is 7.51. The second kappa shape index (κ2) is 5.20. The number of fused-ring (bicyclic) bond motifs is 2. The van der Waals surface area contributed by atoms with E-state index in [0.717, 1.165) is 51.3 Å². The molecule has 21 heavy (non-hydrogen) atoms. The third kappa shape index (κ3) is 2.34. The van der Waals surface area contributed by atoms with E-state index in [0.29, 0.717) is 0 Å². The Hall–Kier alpha value is -1.79. The molecule has 0 atom stereocenters. The molecule has 1 fully saturated rings. The maximum atomic E-state index is 6.16. The highest BCUT2D eigenvalue weighted by Crippen LogP contribution is 2.40. The van der Waals surface area contributed by atoms with E-state index in [-0.39, 0.29) is 5.60 Å². The molecular formula is C15H19N5O. The molecule has 2 aliphatic heterocycles. The zero-order valence-corrected chi connectivity index (χ0v) is 12.0. The van der Waals surface area contributed by atoms with E-state index < -0.39 is 0 Å². The van der Waals surface area contributed by atoms with E-state index in [1.807, 2.05) is 12.3 Å². The molecule has 0 aliphatic carbocycles. The van der Waals surface area contributed by atoms with E-state index >= 15 is 0 Å². The normalized spacial score (nSPS) is 21.3. The lowest BCUT2D eigenvalue weighted by molar-refractivity contribution is -0.102. The molecule has 1 saturated heterocycles. The quantitative estimate of drug-likeness (QED) is 0.900. The number of aromatic nitrogens is 4. The molecule has 0 aromatic carbocycles. The molecule has 6 heteroatoms. The number of nitrogens with zero attached hydrogens (tertiary/aromatic N) is 4. The fourth-order valence-electron chi connectivity index (χ4n) is 3.40. The predicted octanol–water partition coefficient (Wildman–Crippen LogP) is 1.26. The first kappa shape index (κ1) is 12.9. The third-order valence-electron chi connectivity index (χ3n) is 4.57. The molecule has 0 bridgehead atoms. The largest absolute Gasteiger partial charge is 0.368 e. The molecule has 0 radical (unpaired) electrons. The molecule has 110 valence electrons. The Balaban J connectivity index is 1.46. The Morgan fingerprint density at radius 2 is 2.05 bits per heavy atom. The summed E-state index contributed by atoms with van der Waals surface area (Å²) in [7, 11) is 0. The molecule has 0 amide bonds. The number of hydrogen-bond donors (Lipinski definition) is 1. The third-order valence-corrected chi connectivity index (χ3v) is 4.57.